The van der Waals surface area contributed by atoms with E-state index in [4.69, 9.17) is 4.98 Å². The normalized spacial score (nSPS) is 20.7. The summed E-state index contributed by atoms with van der Waals surface area (Å²) in [5.41, 5.74) is 2.91. The van der Waals surface area contributed by atoms with Crippen molar-refractivity contribution in [3.8, 4) is 11.3 Å². The number of nitrogens with one attached hydrogen (secondary N) is 1. The first-order chi connectivity index (χ1) is 15.7. The quantitative estimate of drug-likeness (QED) is 0.481. The molecule has 0 radical (unpaired) electrons. The number of imidazole rings is 1. The highest BCUT2D eigenvalue weighted by atomic mass is 32.1. The van der Waals surface area contributed by atoms with Gasteiger partial charge in [0.15, 0.2) is 0 Å². The average molecular weight is 446 g/mol. The maximum Gasteiger partial charge on any atom is 0.212 e. The summed E-state index contributed by atoms with van der Waals surface area (Å²) in [5, 5.41) is 5.53. The lowest BCUT2D eigenvalue weighted by molar-refractivity contribution is 0.190. The largest absolute Gasteiger partial charge is 0.365 e. The topological polar surface area (TPSA) is 61.6 Å². The minimum atomic E-state index is 0.510. The Morgan fingerprint density at radius 1 is 1.12 bits per heavy atom. The van der Waals surface area contributed by atoms with Gasteiger partial charge in [0.1, 0.15) is 11.5 Å². The molecule has 4 aromatic rings. The molecule has 4 aromatic heterocycles. The lowest BCUT2D eigenvalue weighted by Crippen LogP contribution is -2.49. The maximum atomic E-state index is 5.14. The summed E-state index contributed by atoms with van der Waals surface area (Å²) in [6.45, 7) is 7.50. The van der Waals surface area contributed by atoms with Crippen LogP contribution in [0.4, 0.5) is 11.8 Å². The summed E-state index contributed by atoms with van der Waals surface area (Å²) in [7, 11) is 0. The number of piperazine rings is 1. The van der Waals surface area contributed by atoms with Crippen LogP contribution in [0.15, 0.2) is 54.3 Å². The zero-order chi connectivity index (χ0) is 21.7. The number of anilines is 2. The zero-order valence-corrected chi connectivity index (χ0v) is 19.2. The van der Waals surface area contributed by atoms with Gasteiger partial charge in [-0.3, -0.25) is 9.30 Å². The molecule has 6 heterocycles. The Balaban J connectivity index is 1.31. The summed E-state index contributed by atoms with van der Waals surface area (Å²) in [5.74, 6) is 1.85. The number of pyridine rings is 1. The molecule has 2 bridgehead atoms. The van der Waals surface area contributed by atoms with Crippen LogP contribution in [0.25, 0.3) is 16.9 Å². The van der Waals surface area contributed by atoms with Crippen LogP contribution in [0.3, 0.4) is 0 Å². The van der Waals surface area contributed by atoms with Crippen molar-refractivity contribution in [2.45, 2.75) is 44.9 Å². The van der Waals surface area contributed by atoms with Gasteiger partial charge in [0.05, 0.1) is 12.2 Å². The van der Waals surface area contributed by atoms with Crippen molar-refractivity contribution in [1.82, 2.24) is 24.3 Å². The van der Waals surface area contributed by atoms with Crippen LogP contribution < -0.4 is 10.2 Å². The van der Waals surface area contributed by atoms with Crippen molar-refractivity contribution in [2.24, 2.45) is 0 Å². The van der Waals surface area contributed by atoms with Crippen LogP contribution in [0, 0.1) is 0 Å². The minimum absolute atomic E-state index is 0.510. The van der Waals surface area contributed by atoms with E-state index in [-0.39, 0.29) is 0 Å². The first-order valence-electron chi connectivity index (χ1n) is 11.2. The number of likely N-dealkylation sites (tertiary alicyclic amines) is 1. The highest BCUT2D eigenvalue weighted by molar-refractivity contribution is 7.09. The fourth-order valence-corrected chi connectivity index (χ4v) is 5.75. The Kier molecular flexibility index (Phi) is 4.84. The fourth-order valence-electron chi connectivity index (χ4n) is 5.11. The SMILES string of the molecule is CC(C)N1CC2CC1CN2c1nc(-c2ccnc(NCc3cccs3)c2)cc2nccn12. The van der Waals surface area contributed by atoms with Crippen LogP contribution in [0.1, 0.15) is 25.1 Å². The molecule has 6 rings (SSSR count). The lowest BCUT2D eigenvalue weighted by atomic mass is 10.2. The van der Waals surface area contributed by atoms with Gasteiger partial charge in [-0.2, -0.15) is 0 Å². The summed E-state index contributed by atoms with van der Waals surface area (Å²) in [4.78, 5) is 20.6. The van der Waals surface area contributed by atoms with E-state index in [0.717, 1.165) is 48.3 Å². The number of nitrogens with zero attached hydrogens (tertiary/aromatic N) is 6. The molecule has 2 aliphatic heterocycles. The van der Waals surface area contributed by atoms with Crippen LogP contribution in [-0.4, -0.2) is 55.5 Å². The minimum Gasteiger partial charge on any atom is -0.365 e. The number of fused-ring (bicyclic) bond motifs is 3. The van der Waals surface area contributed by atoms with Gasteiger partial charge in [0.2, 0.25) is 5.95 Å². The molecule has 7 nitrogen and oxygen atoms in total. The van der Waals surface area contributed by atoms with E-state index in [1.54, 1.807) is 11.3 Å². The number of thiophene rings is 1. The summed E-state index contributed by atoms with van der Waals surface area (Å²) in [6, 6.07) is 12.1. The monoisotopic (exact) mass is 445 g/mol. The first-order valence-corrected chi connectivity index (χ1v) is 12.1. The molecule has 8 heteroatoms. The van der Waals surface area contributed by atoms with E-state index in [1.807, 2.05) is 24.7 Å². The van der Waals surface area contributed by atoms with Gasteiger partial charge in [-0.25, -0.2) is 15.0 Å². The number of rotatable bonds is 6. The Hall–Kier alpha value is -2.97. The van der Waals surface area contributed by atoms with Gasteiger partial charge in [-0.1, -0.05) is 6.07 Å². The molecule has 2 unspecified atom stereocenters. The first kappa shape index (κ1) is 19.7. The number of aromatic nitrogens is 4. The molecule has 164 valence electrons. The van der Waals surface area contributed by atoms with E-state index in [2.05, 4.69) is 73.0 Å². The third-order valence-electron chi connectivity index (χ3n) is 6.65. The highest BCUT2D eigenvalue weighted by Gasteiger charge is 2.45. The van der Waals surface area contributed by atoms with E-state index >= 15 is 0 Å². The maximum absolute atomic E-state index is 5.14. The smallest absolute Gasteiger partial charge is 0.212 e. The Labute approximate surface area is 191 Å². The summed E-state index contributed by atoms with van der Waals surface area (Å²) < 4.78 is 2.13. The van der Waals surface area contributed by atoms with Crippen molar-refractivity contribution in [3.05, 3.63) is 59.2 Å². The van der Waals surface area contributed by atoms with Gasteiger partial charge in [-0.15, -0.1) is 11.3 Å². The summed E-state index contributed by atoms with van der Waals surface area (Å²) >= 11 is 1.75. The van der Waals surface area contributed by atoms with Gasteiger partial charge in [-0.05, 0) is 43.8 Å². The molecule has 0 saturated carbocycles. The molecule has 0 aliphatic carbocycles. The van der Waals surface area contributed by atoms with Gasteiger partial charge in [0, 0.05) is 66.3 Å². The second-order valence-electron chi connectivity index (χ2n) is 8.95. The highest BCUT2D eigenvalue weighted by Crippen LogP contribution is 2.36. The molecular formula is C24H27N7S. The second-order valence-corrected chi connectivity index (χ2v) is 9.98. The predicted octanol–water partition coefficient (Wildman–Crippen LogP) is 4.14. The molecule has 2 fully saturated rings. The van der Waals surface area contributed by atoms with E-state index in [1.165, 1.54) is 11.3 Å². The van der Waals surface area contributed by atoms with E-state index < -0.39 is 0 Å². The molecule has 2 atom stereocenters. The van der Waals surface area contributed by atoms with Gasteiger partial charge in [0.25, 0.3) is 0 Å². The van der Waals surface area contributed by atoms with Crippen LogP contribution in [0.5, 0.6) is 0 Å². The Bertz CT molecular complexity index is 1230. The molecule has 32 heavy (non-hydrogen) atoms. The van der Waals surface area contributed by atoms with E-state index in [0.29, 0.717) is 18.1 Å². The van der Waals surface area contributed by atoms with Crippen molar-refractivity contribution in [2.75, 3.05) is 23.3 Å². The summed E-state index contributed by atoms with van der Waals surface area (Å²) in [6.07, 6.45) is 6.95. The molecule has 2 aliphatic rings. The van der Waals surface area contributed by atoms with Crippen molar-refractivity contribution in [3.63, 3.8) is 0 Å². The molecule has 0 amide bonds. The third-order valence-corrected chi connectivity index (χ3v) is 7.53. The van der Waals surface area contributed by atoms with E-state index in [9.17, 15) is 0 Å². The standard InChI is InChI=1S/C24H27N7S/c1-16(2)30-14-19-11-18(30)15-31(19)24-28-21(12-23-26-7-8-29(23)24)17-5-6-25-22(10-17)27-13-20-4-3-9-32-20/h3-10,12,16,18-19H,11,13-15H2,1-2H3,(H,25,27). The van der Waals surface area contributed by atoms with Crippen molar-refractivity contribution < 1.29 is 0 Å². The number of hydrogen-bond donors (Lipinski definition) is 1. The Morgan fingerprint density at radius 2 is 2.06 bits per heavy atom. The third kappa shape index (κ3) is 3.43. The predicted molar refractivity (Wildman–Crippen MR) is 129 cm³/mol. The van der Waals surface area contributed by atoms with Crippen LogP contribution in [-0.2, 0) is 6.54 Å². The molecule has 2 saturated heterocycles. The second kappa shape index (κ2) is 7.86. The lowest BCUT2D eigenvalue weighted by Gasteiger charge is -2.37. The molecule has 0 spiro atoms. The van der Waals surface area contributed by atoms with Crippen molar-refractivity contribution >= 4 is 28.8 Å². The number of hydrogen-bond acceptors (Lipinski definition) is 7. The van der Waals surface area contributed by atoms with Gasteiger partial charge >= 0.3 is 0 Å². The van der Waals surface area contributed by atoms with Gasteiger partial charge < -0.3 is 10.2 Å². The van der Waals surface area contributed by atoms with Crippen LogP contribution in [0.2, 0.25) is 0 Å². The molecular weight excluding hydrogens is 418 g/mol. The molecule has 1 N–H and O–H groups in total. The van der Waals surface area contributed by atoms with Crippen molar-refractivity contribution in [1.29, 1.82) is 0 Å². The fraction of sp³-hybridized carbons (Fsp3) is 0.375. The Morgan fingerprint density at radius 3 is 2.84 bits per heavy atom. The molecule has 0 aromatic carbocycles. The zero-order valence-electron chi connectivity index (χ0n) is 18.3. The average Bonchev–Trinajstić information content (AvgIpc) is 3.61. The van der Waals surface area contributed by atoms with Crippen LogP contribution >= 0.6 is 11.3 Å².